The van der Waals surface area contributed by atoms with Crippen LogP contribution in [0.15, 0.2) is 30.5 Å². The van der Waals surface area contributed by atoms with E-state index in [9.17, 15) is 4.79 Å². The summed E-state index contributed by atoms with van der Waals surface area (Å²) in [4.78, 5) is 13.3. The van der Waals surface area contributed by atoms with Crippen LogP contribution in [-0.2, 0) is 13.6 Å². The molecule has 0 aliphatic rings. The first kappa shape index (κ1) is 13.1. The highest BCUT2D eigenvalue weighted by Gasteiger charge is 2.07. The van der Waals surface area contributed by atoms with Gasteiger partial charge in [-0.05, 0) is 24.3 Å². The Bertz CT molecular complexity index is 559. The van der Waals surface area contributed by atoms with Gasteiger partial charge in [-0.1, -0.05) is 5.21 Å². The summed E-state index contributed by atoms with van der Waals surface area (Å²) in [5, 5.41) is 10.9. The Labute approximate surface area is 112 Å². The monoisotopic (exact) mass is 259 g/mol. The summed E-state index contributed by atoms with van der Waals surface area (Å²) in [6, 6.07) is 7.40. The Morgan fingerprint density at radius 2 is 2.00 bits per heavy atom. The highest BCUT2D eigenvalue weighted by atomic mass is 16.2. The Kier molecular flexibility index (Phi) is 3.79. The van der Waals surface area contributed by atoms with E-state index in [-0.39, 0.29) is 5.91 Å². The lowest BCUT2D eigenvalue weighted by molar-refractivity contribution is 0.0827. The second-order valence-electron chi connectivity index (χ2n) is 4.48. The van der Waals surface area contributed by atoms with Crippen LogP contribution >= 0.6 is 0 Å². The first-order valence-corrected chi connectivity index (χ1v) is 5.97. The molecule has 0 fully saturated rings. The van der Waals surface area contributed by atoms with Gasteiger partial charge < -0.3 is 10.2 Å². The Morgan fingerprint density at radius 1 is 1.32 bits per heavy atom. The highest BCUT2D eigenvalue weighted by molar-refractivity contribution is 5.94. The molecular formula is C13H17N5O. The molecule has 1 aromatic carbocycles. The molecule has 0 spiro atoms. The number of benzene rings is 1. The van der Waals surface area contributed by atoms with Crippen LogP contribution in [0.1, 0.15) is 16.1 Å². The number of aromatic nitrogens is 3. The first-order chi connectivity index (χ1) is 9.08. The average molecular weight is 259 g/mol. The summed E-state index contributed by atoms with van der Waals surface area (Å²) in [6.07, 6.45) is 1.72. The number of carbonyl (C=O) groups excluding carboxylic acids is 1. The van der Waals surface area contributed by atoms with Crippen molar-refractivity contribution in [3.8, 4) is 0 Å². The van der Waals surface area contributed by atoms with Crippen molar-refractivity contribution >= 4 is 11.6 Å². The van der Waals surface area contributed by atoms with Gasteiger partial charge in [0, 0.05) is 32.4 Å². The van der Waals surface area contributed by atoms with Crippen LogP contribution in [-0.4, -0.2) is 39.9 Å². The number of anilines is 1. The predicted molar refractivity (Wildman–Crippen MR) is 72.8 cm³/mol. The fraction of sp³-hybridized carbons (Fsp3) is 0.308. The van der Waals surface area contributed by atoms with E-state index in [1.54, 1.807) is 29.9 Å². The van der Waals surface area contributed by atoms with Gasteiger partial charge in [0.1, 0.15) is 0 Å². The van der Waals surface area contributed by atoms with Crippen LogP contribution in [0.2, 0.25) is 0 Å². The van der Waals surface area contributed by atoms with Crippen LogP contribution in [0.4, 0.5) is 5.69 Å². The highest BCUT2D eigenvalue weighted by Crippen LogP contribution is 2.11. The van der Waals surface area contributed by atoms with Gasteiger partial charge in [0.15, 0.2) is 0 Å². The summed E-state index contributed by atoms with van der Waals surface area (Å²) < 4.78 is 1.72. The summed E-state index contributed by atoms with van der Waals surface area (Å²) in [7, 11) is 5.33. The third kappa shape index (κ3) is 3.09. The van der Waals surface area contributed by atoms with Crippen molar-refractivity contribution in [2.45, 2.75) is 6.54 Å². The van der Waals surface area contributed by atoms with Crippen molar-refractivity contribution in [2.24, 2.45) is 7.05 Å². The van der Waals surface area contributed by atoms with E-state index < -0.39 is 0 Å². The smallest absolute Gasteiger partial charge is 0.253 e. The van der Waals surface area contributed by atoms with Crippen molar-refractivity contribution in [3.63, 3.8) is 0 Å². The number of rotatable bonds is 4. The Morgan fingerprint density at radius 3 is 2.53 bits per heavy atom. The topological polar surface area (TPSA) is 63.1 Å². The number of nitrogens with zero attached hydrogens (tertiary/aromatic N) is 4. The van der Waals surface area contributed by atoms with Gasteiger partial charge in [0.25, 0.3) is 5.91 Å². The van der Waals surface area contributed by atoms with Crippen molar-refractivity contribution in [2.75, 3.05) is 19.4 Å². The zero-order valence-corrected chi connectivity index (χ0v) is 11.3. The van der Waals surface area contributed by atoms with E-state index in [0.717, 1.165) is 11.4 Å². The van der Waals surface area contributed by atoms with E-state index in [1.165, 1.54) is 0 Å². The van der Waals surface area contributed by atoms with Crippen LogP contribution < -0.4 is 5.32 Å². The Balaban J connectivity index is 1.99. The van der Waals surface area contributed by atoms with Crippen LogP contribution in [0.3, 0.4) is 0 Å². The largest absolute Gasteiger partial charge is 0.379 e. The molecule has 0 radical (unpaired) electrons. The molecule has 2 aromatic rings. The van der Waals surface area contributed by atoms with E-state index in [4.69, 9.17) is 0 Å². The van der Waals surface area contributed by atoms with Crippen LogP contribution in [0, 0.1) is 0 Å². The average Bonchev–Trinajstić information content (AvgIpc) is 2.81. The summed E-state index contributed by atoms with van der Waals surface area (Å²) in [5.41, 5.74) is 2.63. The van der Waals surface area contributed by atoms with E-state index in [1.807, 2.05) is 31.3 Å². The number of nitrogens with one attached hydrogen (secondary N) is 1. The van der Waals surface area contributed by atoms with Gasteiger partial charge in [-0.25, -0.2) is 0 Å². The molecule has 1 heterocycles. The van der Waals surface area contributed by atoms with Crippen molar-refractivity contribution < 1.29 is 4.79 Å². The maximum Gasteiger partial charge on any atom is 0.253 e. The summed E-state index contributed by atoms with van der Waals surface area (Å²) in [6.45, 7) is 0.643. The fourth-order valence-electron chi connectivity index (χ4n) is 1.65. The first-order valence-electron chi connectivity index (χ1n) is 5.97. The lowest BCUT2D eigenvalue weighted by Crippen LogP contribution is -2.21. The zero-order chi connectivity index (χ0) is 13.8. The normalized spacial score (nSPS) is 10.3. The van der Waals surface area contributed by atoms with Crippen molar-refractivity contribution in [1.82, 2.24) is 19.9 Å². The molecule has 100 valence electrons. The second-order valence-corrected chi connectivity index (χ2v) is 4.48. The van der Waals surface area contributed by atoms with Crippen molar-refractivity contribution in [3.05, 3.63) is 41.7 Å². The molecule has 19 heavy (non-hydrogen) atoms. The molecule has 1 aromatic heterocycles. The third-order valence-corrected chi connectivity index (χ3v) is 2.82. The minimum atomic E-state index is 0.00221. The number of aryl methyl sites for hydroxylation is 1. The quantitative estimate of drug-likeness (QED) is 0.894. The second kappa shape index (κ2) is 5.51. The summed E-state index contributed by atoms with van der Waals surface area (Å²) >= 11 is 0. The van der Waals surface area contributed by atoms with E-state index >= 15 is 0 Å². The lowest BCUT2D eigenvalue weighted by Gasteiger charge is -2.11. The molecule has 0 saturated heterocycles. The van der Waals surface area contributed by atoms with Gasteiger partial charge in [0.2, 0.25) is 0 Å². The maximum absolute atomic E-state index is 11.7. The molecule has 1 amide bonds. The molecule has 0 unspecified atom stereocenters. The molecule has 0 aliphatic heterocycles. The molecule has 0 aliphatic carbocycles. The minimum Gasteiger partial charge on any atom is -0.379 e. The Hall–Kier alpha value is -2.37. The SMILES string of the molecule is CN(C)C(=O)c1ccc(NCc2cnnn2C)cc1. The third-order valence-electron chi connectivity index (χ3n) is 2.82. The van der Waals surface area contributed by atoms with E-state index in [2.05, 4.69) is 15.6 Å². The number of carbonyl (C=O) groups is 1. The summed E-state index contributed by atoms with van der Waals surface area (Å²) in [5.74, 6) is 0.00221. The molecule has 0 saturated carbocycles. The van der Waals surface area contributed by atoms with Crippen LogP contribution in [0.25, 0.3) is 0 Å². The molecule has 1 N–H and O–H groups in total. The van der Waals surface area contributed by atoms with Crippen LogP contribution in [0.5, 0.6) is 0 Å². The van der Waals surface area contributed by atoms with Gasteiger partial charge in [0.05, 0.1) is 18.4 Å². The number of amides is 1. The molecule has 2 rings (SSSR count). The lowest BCUT2D eigenvalue weighted by atomic mass is 10.2. The predicted octanol–water partition coefficient (Wildman–Crippen LogP) is 1.13. The molecular weight excluding hydrogens is 242 g/mol. The van der Waals surface area contributed by atoms with Crippen molar-refractivity contribution in [1.29, 1.82) is 0 Å². The molecule has 0 bridgehead atoms. The molecule has 6 heteroatoms. The fourth-order valence-corrected chi connectivity index (χ4v) is 1.65. The minimum absolute atomic E-state index is 0.00221. The standard InChI is InChI=1S/C13H17N5O/c1-17(2)13(19)10-4-6-11(7-5-10)14-8-12-9-15-16-18(12)3/h4-7,9,14H,8H2,1-3H3. The zero-order valence-electron chi connectivity index (χ0n) is 11.3. The number of hydrogen-bond acceptors (Lipinski definition) is 4. The van der Waals surface area contributed by atoms with Gasteiger partial charge in [-0.2, -0.15) is 0 Å². The molecule has 6 nitrogen and oxygen atoms in total. The van der Waals surface area contributed by atoms with E-state index in [0.29, 0.717) is 12.1 Å². The number of hydrogen-bond donors (Lipinski definition) is 1. The molecule has 0 atom stereocenters. The van der Waals surface area contributed by atoms with Gasteiger partial charge in [-0.15, -0.1) is 5.10 Å². The maximum atomic E-state index is 11.7. The van der Waals surface area contributed by atoms with Gasteiger partial charge in [-0.3, -0.25) is 9.48 Å². The van der Waals surface area contributed by atoms with Gasteiger partial charge >= 0.3 is 0 Å².